The Bertz CT molecular complexity index is 594. The second kappa shape index (κ2) is 4.72. The molecule has 114 valence electrons. The van der Waals surface area contributed by atoms with Crippen molar-refractivity contribution in [1.29, 1.82) is 0 Å². The Morgan fingerprint density at radius 2 is 1.90 bits per heavy atom. The maximum atomic E-state index is 12.2. The fraction of sp³-hybridized carbons (Fsp3) is 0.533. The van der Waals surface area contributed by atoms with Gasteiger partial charge in [0, 0.05) is 24.4 Å². The molecule has 0 aromatic heterocycles. The van der Waals surface area contributed by atoms with E-state index in [4.69, 9.17) is 5.73 Å². The average molecular weight is 291 g/mol. The molecule has 0 heterocycles. The van der Waals surface area contributed by atoms with E-state index in [1.54, 1.807) is 0 Å². The van der Waals surface area contributed by atoms with Gasteiger partial charge in [-0.3, -0.25) is 14.9 Å². The summed E-state index contributed by atoms with van der Waals surface area (Å²) < 4.78 is 0. The monoisotopic (exact) mass is 291 g/mol. The molecule has 2 rings (SSSR count). The lowest BCUT2D eigenvalue weighted by Gasteiger charge is -2.08. The van der Waals surface area contributed by atoms with Crippen molar-refractivity contribution in [2.45, 2.75) is 27.7 Å². The molecular weight excluding hydrogens is 270 g/mol. The van der Waals surface area contributed by atoms with E-state index in [0.717, 1.165) is 0 Å². The molecule has 1 aliphatic rings. The molecule has 0 saturated heterocycles. The van der Waals surface area contributed by atoms with Crippen LogP contribution in [-0.2, 0) is 0 Å². The first kappa shape index (κ1) is 15.3. The lowest BCUT2D eigenvalue weighted by atomic mass is 10.0. The molecule has 0 unspecified atom stereocenters. The third-order valence-corrected chi connectivity index (χ3v) is 5.28. The van der Waals surface area contributed by atoms with Crippen molar-refractivity contribution in [3.05, 3.63) is 33.9 Å². The summed E-state index contributed by atoms with van der Waals surface area (Å²) in [5, 5.41) is 13.6. The molecule has 1 aromatic rings. The molecule has 3 N–H and O–H groups in total. The van der Waals surface area contributed by atoms with E-state index in [1.165, 1.54) is 18.2 Å². The van der Waals surface area contributed by atoms with Crippen molar-refractivity contribution in [2.24, 2.45) is 16.7 Å². The largest absolute Gasteiger partial charge is 0.398 e. The van der Waals surface area contributed by atoms with Gasteiger partial charge in [0.2, 0.25) is 0 Å². The van der Waals surface area contributed by atoms with Crippen LogP contribution in [0, 0.1) is 26.9 Å². The normalized spacial score (nSPS) is 19.0. The summed E-state index contributed by atoms with van der Waals surface area (Å²) in [6.07, 6.45) is 0. The number of nitrogens with one attached hydrogen (secondary N) is 1. The number of rotatable bonds is 4. The van der Waals surface area contributed by atoms with Gasteiger partial charge in [0.1, 0.15) is 0 Å². The van der Waals surface area contributed by atoms with Crippen molar-refractivity contribution < 1.29 is 9.72 Å². The second-order valence-corrected chi connectivity index (χ2v) is 6.73. The first-order valence-corrected chi connectivity index (χ1v) is 6.91. The zero-order valence-corrected chi connectivity index (χ0v) is 12.8. The molecule has 0 bridgehead atoms. The maximum absolute atomic E-state index is 12.2. The van der Waals surface area contributed by atoms with Crippen LogP contribution >= 0.6 is 0 Å². The number of carbonyl (C=O) groups excluding carboxylic acids is 1. The van der Waals surface area contributed by atoms with E-state index in [9.17, 15) is 14.9 Å². The molecule has 6 nitrogen and oxygen atoms in total. The van der Waals surface area contributed by atoms with E-state index in [-0.39, 0.29) is 33.7 Å². The van der Waals surface area contributed by atoms with Crippen LogP contribution in [0.15, 0.2) is 18.2 Å². The molecule has 1 fully saturated rings. The smallest absolute Gasteiger partial charge is 0.270 e. The van der Waals surface area contributed by atoms with Gasteiger partial charge in [0.25, 0.3) is 11.6 Å². The van der Waals surface area contributed by atoms with Gasteiger partial charge in [0.15, 0.2) is 0 Å². The molecule has 0 aliphatic heterocycles. The third-order valence-electron chi connectivity index (χ3n) is 5.28. The molecule has 21 heavy (non-hydrogen) atoms. The molecule has 0 atom stereocenters. The fourth-order valence-corrected chi connectivity index (χ4v) is 2.99. The summed E-state index contributed by atoms with van der Waals surface area (Å²) in [6, 6.07) is 3.89. The van der Waals surface area contributed by atoms with Crippen LogP contribution in [-0.4, -0.2) is 17.4 Å². The minimum atomic E-state index is -0.538. The van der Waals surface area contributed by atoms with Crippen LogP contribution in [0.2, 0.25) is 0 Å². The lowest BCUT2D eigenvalue weighted by Crippen LogP contribution is -2.27. The third kappa shape index (κ3) is 2.46. The Labute approximate surface area is 123 Å². The van der Waals surface area contributed by atoms with Crippen molar-refractivity contribution >= 4 is 17.3 Å². The number of nitro benzene ring substituents is 1. The molecule has 1 aliphatic carbocycles. The highest BCUT2D eigenvalue weighted by Crippen LogP contribution is 2.67. The summed E-state index contributed by atoms with van der Waals surface area (Å²) in [5.74, 6) is 0.0172. The standard InChI is InChI=1S/C15H21N3O3/c1-14(2)12(15(14,3)4)8-17-13(19)10-7-9(18(20)21)5-6-11(10)16/h5-7,12H,8,16H2,1-4H3,(H,17,19). The first-order chi connectivity index (χ1) is 9.59. The van der Waals surface area contributed by atoms with Crippen LogP contribution in [0.3, 0.4) is 0 Å². The number of nitro groups is 1. The Balaban J connectivity index is 2.08. The zero-order chi connectivity index (χ0) is 16.0. The van der Waals surface area contributed by atoms with Gasteiger partial charge < -0.3 is 11.1 Å². The van der Waals surface area contributed by atoms with Crippen molar-refractivity contribution in [1.82, 2.24) is 5.32 Å². The Hall–Kier alpha value is -2.11. The summed E-state index contributed by atoms with van der Waals surface area (Å²) in [7, 11) is 0. The Morgan fingerprint density at radius 3 is 2.38 bits per heavy atom. The number of non-ortho nitro benzene ring substituents is 1. The van der Waals surface area contributed by atoms with Gasteiger partial charge in [-0.1, -0.05) is 27.7 Å². The minimum Gasteiger partial charge on any atom is -0.398 e. The summed E-state index contributed by atoms with van der Waals surface area (Å²) in [5.41, 5.74) is 6.34. The minimum absolute atomic E-state index is 0.138. The number of hydrogen-bond acceptors (Lipinski definition) is 4. The number of benzene rings is 1. The maximum Gasteiger partial charge on any atom is 0.270 e. The van der Waals surface area contributed by atoms with E-state index < -0.39 is 4.92 Å². The SMILES string of the molecule is CC1(C)C(CNC(=O)c2cc([N+](=O)[O-])ccc2N)C1(C)C. The summed E-state index contributed by atoms with van der Waals surface area (Å²) in [4.78, 5) is 22.4. The molecule has 1 saturated carbocycles. The molecule has 1 amide bonds. The van der Waals surface area contributed by atoms with Gasteiger partial charge in [0.05, 0.1) is 10.5 Å². The van der Waals surface area contributed by atoms with Crippen molar-refractivity contribution in [3.8, 4) is 0 Å². The molecule has 0 radical (unpaired) electrons. The number of hydrogen-bond donors (Lipinski definition) is 2. The quantitative estimate of drug-likeness (QED) is 0.506. The van der Waals surface area contributed by atoms with Crippen molar-refractivity contribution in [2.75, 3.05) is 12.3 Å². The van der Waals surface area contributed by atoms with Crippen LogP contribution in [0.4, 0.5) is 11.4 Å². The van der Waals surface area contributed by atoms with Crippen molar-refractivity contribution in [3.63, 3.8) is 0 Å². The molecule has 0 spiro atoms. The predicted molar refractivity (Wildman–Crippen MR) is 80.9 cm³/mol. The highest BCUT2D eigenvalue weighted by Gasteiger charge is 2.64. The van der Waals surface area contributed by atoms with Gasteiger partial charge in [-0.05, 0) is 22.8 Å². The zero-order valence-electron chi connectivity index (χ0n) is 12.8. The highest BCUT2D eigenvalue weighted by molar-refractivity contribution is 5.99. The Kier molecular flexibility index (Phi) is 3.43. The first-order valence-electron chi connectivity index (χ1n) is 6.91. The lowest BCUT2D eigenvalue weighted by molar-refractivity contribution is -0.384. The summed E-state index contributed by atoms with van der Waals surface area (Å²) in [6.45, 7) is 9.23. The van der Waals surface area contributed by atoms with Crippen LogP contribution < -0.4 is 11.1 Å². The molecule has 1 aromatic carbocycles. The van der Waals surface area contributed by atoms with E-state index >= 15 is 0 Å². The van der Waals surface area contributed by atoms with E-state index in [2.05, 4.69) is 33.0 Å². The average Bonchev–Trinajstić information content (AvgIpc) is 2.77. The molecular formula is C15H21N3O3. The highest BCUT2D eigenvalue weighted by atomic mass is 16.6. The second-order valence-electron chi connectivity index (χ2n) is 6.73. The van der Waals surface area contributed by atoms with Crippen LogP contribution in [0.5, 0.6) is 0 Å². The number of nitrogens with zero attached hydrogens (tertiary/aromatic N) is 1. The molecule has 6 heteroatoms. The van der Waals surface area contributed by atoms with Gasteiger partial charge in [-0.2, -0.15) is 0 Å². The predicted octanol–water partition coefficient (Wildman–Crippen LogP) is 2.59. The number of carbonyl (C=O) groups is 1. The Morgan fingerprint density at radius 1 is 1.33 bits per heavy atom. The summed E-state index contributed by atoms with van der Waals surface area (Å²) >= 11 is 0. The van der Waals surface area contributed by atoms with Crippen LogP contribution in [0.25, 0.3) is 0 Å². The topological polar surface area (TPSA) is 98.3 Å². The number of nitrogens with two attached hydrogens (primary N) is 1. The van der Waals surface area contributed by atoms with E-state index in [1.807, 2.05) is 0 Å². The van der Waals surface area contributed by atoms with E-state index in [0.29, 0.717) is 12.5 Å². The number of amides is 1. The van der Waals surface area contributed by atoms with Gasteiger partial charge in [-0.25, -0.2) is 0 Å². The number of anilines is 1. The fourth-order valence-electron chi connectivity index (χ4n) is 2.99. The van der Waals surface area contributed by atoms with Crippen LogP contribution in [0.1, 0.15) is 38.1 Å². The number of nitrogen functional groups attached to an aromatic ring is 1. The van der Waals surface area contributed by atoms with Gasteiger partial charge in [-0.15, -0.1) is 0 Å². The van der Waals surface area contributed by atoms with Gasteiger partial charge >= 0.3 is 0 Å².